The predicted molar refractivity (Wildman–Crippen MR) is 100 cm³/mol. The van der Waals surface area contributed by atoms with E-state index in [0.29, 0.717) is 43.8 Å². The molecule has 1 aromatic carbocycles. The van der Waals surface area contributed by atoms with Crippen LogP contribution in [-0.2, 0) is 21.3 Å². The van der Waals surface area contributed by atoms with Crippen LogP contribution in [0.5, 0.6) is 0 Å². The van der Waals surface area contributed by atoms with Crippen molar-refractivity contribution < 1.29 is 13.2 Å². The van der Waals surface area contributed by atoms with E-state index in [9.17, 15) is 8.42 Å². The molecule has 0 radical (unpaired) electrons. The number of nitrogens with zero attached hydrogens (tertiary/aromatic N) is 2. The van der Waals surface area contributed by atoms with Gasteiger partial charge in [-0.1, -0.05) is 18.2 Å². The van der Waals surface area contributed by atoms with Gasteiger partial charge < -0.3 is 4.74 Å². The number of ether oxygens (including phenoxy) is 1. The molecule has 1 aliphatic heterocycles. The minimum absolute atomic E-state index is 0.291. The van der Waals surface area contributed by atoms with Crippen LogP contribution < -0.4 is 0 Å². The van der Waals surface area contributed by atoms with E-state index >= 15 is 0 Å². The van der Waals surface area contributed by atoms with Gasteiger partial charge in [-0.3, -0.25) is 4.90 Å². The Balaban J connectivity index is 1.75. The molecule has 3 rings (SSSR count). The molecule has 1 aliphatic rings. The summed E-state index contributed by atoms with van der Waals surface area (Å²) in [7, 11) is -1.38. The molecule has 25 heavy (non-hydrogen) atoms. The van der Waals surface area contributed by atoms with Gasteiger partial charge in [0.2, 0.25) is 10.0 Å². The minimum atomic E-state index is -3.45. The third kappa shape index (κ3) is 4.30. The first-order valence-electron chi connectivity index (χ1n) is 8.39. The molecule has 0 bridgehead atoms. The first-order valence-corrected chi connectivity index (χ1v) is 10.7. The highest BCUT2D eigenvalue weighted by Crippen LogP contribution is 2.25. The standard InChI is InChI=1S/C18H24N2O3S2/c1-15(18-7-4-12-24-18)19(2)14-16-5-3-6-17(13-16)25(21,22)20-8-10-23-11-9-20/h3-7,12-13,15H,8-11,14H2,1-2H3. The Labute approximate surface area is 153 Å². The Kier molecular flexibility index (Phi) is 5.91. The van der Waals surface area contributed by atoms with E-state index in [1.807, 2.05) is 12.1 Å². The maximum absolute atomic E-state index is 12.8. The van der Waals surface area contributed by atoms with Gasteiger partial charge in [0, 0.05) is 30.6 Å². The van der Waals surface area contributed by atoms with Crippen molar-refractivity contribution >= 4 is 21.4 Å². The number of sulfonamides is 1. The number of rotatable bonds is 6. The van der Waals surface area contributed by atoms with E-state index in [-0.39, 0.29) is 0 Å². The fourth-order valence-electron chi connectivity index (χ4n) is 2.91. The second-order valence-electron chi connectivity index (χ2n) is 6.27. The lowest BCUT2D eigenvalue weighted by molar-refractivity contribution is 0.0730. The average Bonchev–Trinajstić information content (AvgIpc) is 3.16. The minimum Gasteiger partial charge on any atom is -0.379 e. The van der Waals surface area contributed by atoms with Crippen molar-refractivity contribution in [3.8, 4) is 0 Å². The van der Waals surface area contributed by atoms with Crippen LogP contribution in [0.15, 0.2) is 46.7 Å². The zero-order valence-electron chi connectivity index (χ0n) is 14.6. The summed E-state index contributed by atoms with van der Waals surface area (Å²) < 4.78 is 32.4. The summed E-state index contributed by atoms with van der Waals surface area (Å²) in [5.41, 5.74) is 1.00. The Bertz CT molecular complexity index is 784. The molecule has 2 aromatic rings. The first kappa shape index (κ1) is 18.5. The molecule has 5 nitrogen and oxygen atoms in total. The van der Waals surface area contributed by atoms with Crippen LogP contribution in [0.4, 0.5) is 0 Å². The average molecular weight is 381 g/mol. The second-order valence-corrected chi connectivity index (χ2v) is 9.19. The van der Waals surface area contributed by atoms with Crippen molar-refractivity contribution in [3.05, 3.63) is 52.2 Å². The van der Waals surface area contributed by atoms with E-state index in [1.165, 1.54) is 9.18 Å². The summed E-state index contributed by atoms with van der Waals surface area (Å²) in [6.07, 6.45) is 0. The molecule has 2 heterocycles. The quantitative estimate of drug-likeness (QED) is 0.773. The van der Waals surface area contributed by atoms with Gasteiger partial charge >= 0.3 is 0 Å². The molecule has 1 saturated heterocycles. The van der Waals surface area contributed by atoms with Gasteiger partial charge in [-0.2, -0.15) is 4.31 Å². The van der Waals surface area contributed by atoms with Crippen molar-refractivity contribution in [1.29, 1.82) is 0 Å². The maximum Gasteiger partial charge on any atom is 0.243 e. The van der Waals surface area contributed by atoms with Gasteiger partial charge in [0.25, 0.3) is 0 Å². The van der Waals surface area contributed by atoms with Crippen molar-refractivity contribution in [3.63, 3.8) is 0 Å². The molecule has 0 spiro atoms. The van der Waals surface area contributed by atoms with Gasteiger partial charge in [0.05, 0.1) is 18.1 Å². The third-order valence-corrected chi connectivity index (χ3v) is 7.49. The largest absolute Gasteiger partial charge is 0.379 e. The number of thiophene rings is 1. The van der Waals surface area contributed by atoms with Crippen molar-refractivity contribution in [2.24, 2.45) is 0 Å². The zero-order chi connectivity index (χ0) is 17.9. The smallest absolute Gasteiger partial charge is 0.243 e. The molecule has 7 heteroatoms. The predicted octanol–water partition coefficient (Wildman–Crippen LogP) is 2.96. The fraction of sp³-hybridized carbons (Fsp3) is 0.444. The zero-order valence-corrected chi connectivity index (χ0v) is 16.2. The molecule has 1 atom stereocenters. The van der Waals surface area contributed by atoms with Crippen molar-refractivity contribution in [2.75, 3.05) is 33.4 Å². The lowest BCUT2D eigenvalue weighted by atomic mass is 10.2. The Morgan fingerprint density at radius 2 is 2.00 bits per heavy atom. The third-order valence-electron chi connectivity index (χ3n) is 4.55. The van der Waals surface area contributed by atoms with Crippen LogP contribution in [0, 0.1) is 0 Å². The molecule has 0 saturated carbocycles. The fourth-order valence-corrected chi connectivity index (χ4v) is 5.24. The number of hydrogen-bond acceptors (Lipinski definition) is 5. The van der Waals surface area contributed by atoms with E-state index in [0.717, 1.165) is 5.56 Å². The molecule has 1 fully saturated rings. The van der Waals surface area contributed by atoms with Gasteiger partial charge in [0.15, 0.2) is 0 Å². The number of hydrogen-bond donors (Lipinski definition) is 0. The molecule has 1 unspecified atom stereocenters. The van der Waals surface area contributed by atoms with Gasteiger partial charge in [-0.05, 0) is 43.1 Å². The second kappa shape index (κ2) is 7.97. The summed E-state index contributed by atoms with van der Waals surface area (Å²) in [5.74, 6) is 0. The molecular weight excluding hydrogens is 356 g/mol. The Morgan fingerprint density at radius 3 is 2.68 bits per heavy atom. The summed E-state index contributed by atoms with van der Waals surface area (Å²) in [6, 6.07) is 11.8. The normalized spacial score (nSPS) is 17.7. The van der Waals surface area contributed by atoms with Crippen LogP contribution in [0.2, 0.25) is 0 Å². The van der Waals surface area contributed by atoms with Crippen LogP contribution in [-0.4, -0.2) is 51.0 Å². The topological polar surface area (TPSA) is 49.9 Å². The lowest BCUT2D eigenvalue weighted by Gasteiger charge is -2.27. The highest BCUT2D eigenvalue weighted by Gasteiger charge is 2.26. The van der Waals surface area contributed by atoms with Crippen LogP contribution >= 0.6 is 11.3 Å². The van der Waals surface area contributed by atoms with E-state index in [2.05, 4.69) is 36.4 Å². The van der Waals surface area contributed by atoms with Crippen LogP contribution in [0.3, 0.4) is 0 Å². The molecule has 1 aromatic heterocycles. The number of benzene rings is 1. The summed E-state index contributed by atoms with van der Waals surface area (Å²) in [5, 5.41) is 2.08. The van der Waals surface area contributed by atoms with Gasteiger partial charge in [-0.25, -0.2) is 8.42 Å². The molecule has 0 N–H and O–H groups in total. The number of morpholine rings is 1. The van der Waals surface area contributed by atoms with Crippen LogP contribution in [0.25, 0.3) is 0 Å². The van der Waals surface area contributed by atoms with Crippen molar-refractivity contribution in [2.45, 2.75) is 24.4 Å². The summed E-state index contributed by atoms with van der Waals surface area (Å²) in [4.78, 5) is 3.90. The first-order chi connectivity index (χ1) is 12.0. The SMILES string of the molecule is CC(c1cccs1)N(C)Cc1cccc(S(=O)(=O)N2CCOCC2)c1. The highest BCUT2D eigenvalue weighted by atomic mass is 32.2. The lowest BCUT2D eigenvalue weighted by Crippen LogP contribution is -2.40. The summed E-state index contributed by atoms with van der Waals surface area (Å²) in [6.45, 7) is 4.62. The Hall–Kier alpha value is -1.25. The molecule has 0 aliphatic carbocycles. The molecule has 0 amide bonds. The van der Waals surface area contributed by atoms with E-state index < -0.39 is 10.0 Å². The van der Waals surface area contributed by atoms with Crippen LogP contribution in [0.1, 0.15) is 23.4 Å². The van der Waals surface area contributed by atoms with E-state index in [4.69, 9.17) is 4.74 Å². The van der Waals surface area contributed by atoms with Crippen molar-refractivity contribution in [1.82, 2.24) is 9.21 Å². The van der Waals surface area contributed by atoms with E-state index in [1.54, 1.807) is 23.5 Å². The monoisotopic (exact) mass is 380 g/mol. The molecule has 136 valence electrons. The Morgan fingerprint density at radius 1 is 1.24 bits per heavy atom. The van der Waals surface area contributed by atoms with Gasteiger partial charge in [0.1, 0.15) is 0 Å². The highest BCUT2D eigenvalue weighted by molar-refractivity contribution is 7.89. The van der Waals surface area contributed by atoms with Gasteiger partial charge in [-0.15, -0.1) is 11.3 Å². The maximum atomic E-state index is 12.8. The summed E-state index contributed by atoms with van der Waals surface area (Å²) >= 11 is 1.74. The molecular formula is C18H24N2O3S2.